The molecule has 1 atom stereocenters. The van der Waals surface area contributed by atoms with E-state index in [1.54, 1.807) is 6.33 Å². The van der Waals surface area contributed by atoms with Crippen molar-refractivity contribution >= 4 is 12.2 Å². The third-order valence-corrected chi connectivity index (χ3v) is 2.16. The van der Waals surface area contributed by atoms with E-state index in [2.05, 4.69) is 41.2 Å². The molecule has 0 amide bonds. The van der Waals surface area contributed by atoms with Gasteiger partial charge in [-0.15, -0.1) is 0 Å². The van der Waals surface area contributed by atoms with Crippen LogP contribution in [0.4, 0.5) is 0 Å². The van der Waals surface area contributed by atoms with Crippen molar-refractivity contribution in [1.29, 1.82) is 0 Å². The molecule has 0 aliphatic heterocycles. The van der Waals surface area contributed by atoms with Gasteiger partial charge in [-0.2, -0.15) is 0 Å². The highest BCUT2D eigenvalue weighted by Gasteiger charge is 1.99. The Morgan fingerprint density at radius 3 is 3.33 bits per heavy atom. The Labute approximate surface area is 71.3 Å². The van der Waals surface area contributed by atoms with Crippen LogP contribution in [0.15, 0.2) is 18.5 Å². The minimum atomic E-state index is 0.533. The molecule has 0 bridgehead atoms. The van der Waals surface area contributed by atoms with Gasteiger partial charge in [0.15, 0.2) is 0 Å². The Balaban J connectivity index is 2.59. The fraction of sp³-hybridized carbons (Fsp3) is 0.300. The van der Waals surface area contributed by atoms with E-state index in [1.165, 1.54) is 0 Å². The first kappa shape index (κ1) is 7.35. The molecule has 1 N–H and O–H groups in total. The fourth-order valence-electron chi connectivity index (χ4n) is 1.39. The summed E-state index contributed by atoms with van der Waals surface area (Å²) in [6.45, 7) is 2.18. The maximum absolute atomic E-state index is 4.23. The van der Waals surface area contributed by atoms with E-state index in [-0.39, 0.29) is 0 Å². The van der Waals surface area contributed by atoms with Crippen LogP contribution in [0.1, 0.15) is 13.3 Å². The molecule has 2 nitrogen and oxygen atoms in total. The maximum atomic E-state index is 4.23. The molecule has 0 saturated carbocycles. The summed E-state index contributed by atoms with van der Waals surface area (Å²) >= 11 is 0. The lowest BCUT2D eigenvalue weighted by Gasteiger charge is -1.98. The number of hydrogen-bond donors (Lipinski definition) is 1. The first-order chi connectivity index (χ1) is 5.90. The summed E-state index contributed by atoms with van der Waals surface area (Å²) in [4.78, 5) is 7.33. The quantitative estimate of drug-likeness (QED) is 0.639. The summed E-state index contributed by atoms with van der Waals surface area (Å²) < 4.78 is 0. The van der Waals surface area contributed by atoms with Crippen molar-refractivity contribution in [3.8, 4) is 0 Å². The number of aromatic amines is 1. The minimum Gasteiger partial charge on any atom is -0.345 e. The van der Waals surface area contributed by atoms with Crippen LogP contribution in [-0.2, 0) is 0 Å². The molecule has 2 heteroatoms. The van der Waals surface area contributed by atoms with E-state index in [9.17, 15) is 0 Å². The topological polar surface area (TPSA) is 28.7 Å². The van der Waals surface area contributed by atoms with Crippen molar-refractivity contribution in [2.45, 2.75) is 13.3 Å². The number of rotatable bonds is 1. The highest BCUT2D eigenvalue weighted by molar-refractivity contribution is 5.42. The Hall–Kier alpha value is -1.31. The van der Waals surface area contributed by atoms with Crippen LogP contribution in [-0.4, -0.2) is 9.97 Å². The van der Waals surface area contributed by atoms with Crippen molar-refractivity contribution in [2.24, 2.45) is 5.92 Å². The fourth-order valence-corrected chi connectivity index (χ4v) is 1.39. The standard InChI is InChI=1S/C10H12N2/c1-2-8-4-3-5-9-10(6-8)12-7-11-9/h3-8H,2H2,1H3,(H,11,12). The number of fused-ring (bicyclic) bond motifs is 1. The lowest BCUT2D eigenvalue weighted by Crippen LogP contribution is -2.24. The average molecular weight is 160 g/mol. The van der Waals surface area contributed by atoms with Crippen molar-refractivity contribution in [3.63, 3.8) is 0 Å². The molecule has 1 aromatic heterocycles. The van der Waals surface area contributed by atoms with Crippen molar-refractivity contribution in [1.82, 2.24) is 9.97 Å². The van der Waals surface area contributed by atoms with Crippen LogP contribution < -0.4 is 10.7 Å². The molecule has 1 unspecified atom stereocenters. The molecule has 1 heterocycles. The van der Waals surface area contributed by atoms with Gasteiger partial charge in [0.05, 0.1) is 17.0 Å². The number of allylic oxidation sites excluding steroid dienone is 2. The lowest BCUT2D eigenvalue weighted by atomic mass is 10.1. The molecule has 2 rings (SSSR count). The van der Waals surface area contributed by atoms with E-state index in [0.717, 1.165) is 17.1 Å². The first-order valence-corrected chi connectivity index (χ1v) is 4.30. The summed E-state index contributed by atoms with van der Waals surface area (Å²) in [5.74, 6) is 0.533. The first-order valence-electron chi connectivity index (χ1n) is 4.30. The molecule has 1 aliphatic rings. The number of aromatic nitrogens is 2. The Morgan fingerprint density at radius 1 is 1.58 bits per heavy atom. The average Bonchev–Trinajstić information content (AvgIpc) is 2.43. The van der Waals surface area contributed by atoms with E-state index in [1.807, 2.05) is 0 Å². The molecule has 1 aromatic rings. The molecule has 0 aromatic carbocycles. The van der Waals surface area contributed by atoms with Crippen molar-refractivity contribution in [2.75, 3.05) is 0 Å². The molecule has 62 valence electrons. The van der Waals surface area contributed by atoms with Crippen LogP contribution >= 0.6 is 0 Å². The van der Waals surface area contributed by atoms with Gasteiger partial charge in [0.2, 0.25) is 0 Å². The monoisotopic (exact) mass is 160 g/mol. The maximum Gasteiger partial charge on any atom is 0.0931 e. The zero-order chi connectivity index (χ0) is 8.39. The molecule has 1 aliphatic carbocycles. The van der Waals surface area contributed by atoms with Gasteiger partial charge >= 0.3 is 0 Å². The van der Waals surface area contributed by atoms with Gasteiger partial charge < -0.3 is 4.98 Å². The smallest absolute Gasteiger partial charge is 0.0931 e. The van der Waals surface area contributed by atoms with E-state index in [0.29, 0.717) is 5.92 Å². The van der Waals surface area contributed by atoms with Crippen LogP contribution in [0.3, 0.4) is 0 Å². The van der Waals surface area contributed by atoms with Crippen LogP contribution in [0, 0.1) is 5.92 Å². The number of nitrogens with one attached hydrogen (secondary N) is 1. The summed E-state index contributed by atoms with van der Waals surface area (Å²) in [7, 11) is 0. The minimum absolute atomic E-state index is 0.533. The SMILES string of the molecule is CCC1C=CC=c2[nH]cnc2=C1. The molecule has 0 spiro atoms. The Morgan fingerprint density at radius 2 is 2.50 bits per heavy atom. The highest BCUT2D eigenvalue weighted by atomic mass is 14.8. The van der Waals surface area contributed by atoms with Crippen molar-refractivity contribution < 1.29 is 0 Å². The summed E-state index contributed by atoms with van der Waals surface area (Å²) in [5.41, 5.74) is 0. The van der Waals surface area contributed by atoms with Gasteiger partial charge in [-0.05, 0) is 24.5 Å². The number of H-pyrrole nitrogens is 1. The normalized spacial score (nSPS) is 20.6. The van der Waals surface area contributed by atoms with Gasteiger partial charge in [0.1, 0.15) is 0 Å². The molecular formula is C10H12N2. The van der Waals surface area contributed by atoms with Crippen LogP contribution in [0.5, 0.6) is 0 Å². The van der Waals surface area contributed by atoms with Gasteiger partial charge in [-0.1, -0.05) is 19.1 Å². The van der Waals surface area contributed by atoms with E-state index in [4.69, 9.17) is 0 Å². The molecule has 0 radical (unpaired) electrons. The third kappa shape index (κ3) is 1.20. The van der Waals surface area contributed by atoms with Gasteiger partial charge in [-0.3, -0.25) is 0 Å². The summed E-state index contributed by atoms with van der Waals surface area (Å²) in [6.07, 6.45) is 11.4. The number of hydrogen-bond acceptors (Lipinski definition) is 1. The van der Waals surface area contributed by atoms with Gasteiger partial charge in [0, 0.05) is 0 Å². The second kappa shape index (κ2) is 2.97. The summed E-state index contributed by atoms with van der Waals surface area (Å²) in [6, 6.07) is 0. The van der Waals surface area contributed by atoms with Crippen LogP contribution in [0.2, 0.25) is 0 Å². The largest absolute Gasteiger partial charge is 0.345 e. The number of nitrogens with zero attached hydrogens (tertiary/aromatic N) is 1. The molecule has 0 fully saturated rings. The highest BCUT2D eigenvalue weighted by Crippen LogP contribution is 2.06. The zero-order valence-corrected chi connectivity index (χ0v) is 7.12. The zero-order valence-electron chi connectivity index (χ0n) is 7.12. The predicted octanol–water partition coefficient (Wildman–Crippen LogP) is 0.567. The van der Waals surface area contributed by atoms with E-state index < -0.39 is 0 Å². The molecular weight excluding hydrogens is 148 g/mol. The van der Waals surface area contributed by atoms with Gasteiger partial charge in [-0.25, -0.2) is 4.98 Å². The van der Waals surface area contributed by atoms with Gasteiger partial charge in [0.25, 0.3) is 0 Å². The molecule has 12 heavy (non-hydrogen) atoms. The second-order valence-corrected chi connectivity index (χ2v) is 2.99. The Bertz CT molecular complexity index is 398. The van der Waals surface area contributed by atoms with E-state index >= 15 is 0 Å². The van der Waals surface area contributed by atoms with Crippen LogP contribution in [0.25, 0.3) is 12.2 Å². The predicted molar refractivity (Wildman–Crippen MR) is 49.7 cm³/mol. The molecule has 0 saturated heterocycles. The second-order valence-electron chi connectivity index (χ2n) is 2.99. The lowest BCUT2D eigenvalue weighted by molar-refractivity contribution is 0.811. The summed E-state index contributed by atoms with van der Waals surface area (Å²) in [5, 5.41) is 2.19. The van der Waals surface area contributed by atoms with Crippen molar-refractivity contribution in [3.05, 3.63) is 29.2 Å². The number of imidazole rings is 1. The Kier molecular flexibility index (Phi) is 1.82. The third-order valence-electron chi connectivity index (χ3n) is 2.16.